The average molecular weight is 134 g/mol. The van der Waals surface area contributed by atoms with E-state index in [-0.39, 0.29) is 0 Å². The van der Waals surface area contributed by atoms with Crippen LogP contribution in [0.1, 0.15) is 25.7 Å². The highest BCUT2D eigenvalue weighted by Gasteiger charge is 2.01. The van der Waals surface area contributed by atoms with Gasteiger partial charge in [-0.2, -0.15) is 0 Å². The predicted molar refractivity (Wildman–Crippen MR) is 42.7 cm³/mol. The van der Waals surface area contributed by atoms with Crippen LogP contribution in [-0.2, 0) is 0 Å². The van der Waals surface area contributed by atoms with Crippen LogP contribution < -0.4 is 5.59 Å². The Labute approximate surface area is 62.7 Å². The lowest BCUT2D eigenvalue weighted by molar-refractivity contribution is 0.583. The number of aromatic nitrogens is 2. The van der Waals surface area contributed by atoms with E-state index >= 15 is 0 Å². The fourth-order valence-electron chi connectivity index (χ4n) is 1.03. The molecule has 1 heterocycles. The Morgan fingerprint density at radius 3 is 2.40 bits per heavy atom. The standard InChI is InChI=1S/C7H11BN2/c1-5(2)10-4-7(8)9-6(10)3/h4-5H,1-3H3. The predicted octanol–water partition coefficient (Wildman–Crippen LogP) is 0.566. The minimum Gasteiger partial charge on any atom is -0.333 e. The molecule has 0 saturated heterocycles. The van der Waals surface area contributed by atoms with E-state index in [0.717, 1.165) is 5.82 Å². The molecule has 2 radical (unpaired) electrons. The summed E-state index contributed by atoms with van der Waals surface area (Å²) in [5.74, 6) is 0.979. The highest BCUT2D eigenvalue weighted by atomic mass is 15.1. The van der Waals surface area contributed by atoms with Crippen LogP contribution in [0.2, 0.25) is 0 Å². The van der Waals surface area contributed by atoms with Crippen molar-refractivity contribution in [2.24, 2.45) is 0 Å². The van der Waals surface area contributed by atoms with Crippen molar-refractivity contribution in [3.05, 3.63) is 12.0 Å². The van der Waals surface area contributed by atoms with Gasteiger partial charge in [0.25, 0.3) is 0 Å². The third kappa shape index (κ3) is 1.23. The van der Waals surface area contributed by atoms with Gasteiger partial charge in [0, 0.05) is 17.8 Å². The summed E-state index contributed by atoms with van der Waals surface area (Å²) >= 11 is 0. The summed E-state index contributed by atoms with van der Waals surface area (Å²) in [4.78, 5) is 4.07. The van der Waals surface area contributed by atoms with E-state index in [9.17, 15) is 0 Å². The van der Waals surface area contributed by atoms with E-state index in [0.29, 0.717) is 11.6 Å². The van der Waals surface area contributed by atoms with Gasteiger partial charge < -0.3 is 4.57 Å². The molecule has 1 aromatic heterocycles. The van der Waals surface area contributed by atoms with Crippen molar-refractivity contribution >= 4 is 13.4 Å². The first-order valence-corrected chi connectivity index (χ1v) is 3.42. The fourth-order valence-corrected chi connectivity index (χ4v) is 1.03. The second-order valence-electron chi connectivity index (χ2n) is 2.71. The van der Waals surface area contributed by atoms with Crippen molar-refractivity contribution in [1.29, 1.82) is 0 Å². The van der Waals surface area contributed by atoms with Crippen LogP contribution >= 0.6 is 0 Å². The number of hydrogen-bond acceptors (Lipinski definition) is 1. The third-order valence-electron chi connectivity index (χ3n) is 1.49. The summed E-state index contributed by atoms with van der Waals surface area (Å²) in [6, 6.07) is 0.449. The van der Waals surface area contributed by atoms with Crippen LogP contribution in [-0.4, -0.2) is 17.4 Å². The molecule has 1 rings (SSSR count). The lowest BCUT2D eigenvalue weighted by Gasteiger charge is -2.07. The third-order valence-corrected chi connectivity index (χ3v) is 1.49. The van der Waals surface area contributed by atoms with E-state index in [1.807, 2.05) is 13.1 Å². The SMILES string of the molecule is [B]c1cn(C(C)C)c(C)n1. The number of nitrogens with zero attached hydrogens (tertiary/aromatic N) is 2. The second-order valence-corrected chi connectivity index (χ2v) is 2.71. The molecule has 0 fully saturated rings. The van der Waals surface area contributed by atoms with Crippen molar-refractivity contribution in [2.45, 2.75) is 26.8 Å². The molecule has 10 heavy (non-hydrogen) atoms. The molecule has 3 heteroatoms. The highest BCUT2D eigenvalue weighted by Crippen LogP contribution is 2.04. The maximum Gasteiger partial charge on any atom is 0.143 e. The smallest absolute Gasteiger partial charge is 0.143 e. The molecule has 0 unspecified atom stereocenters. The maximum absolute atomic E-state index is 5.49. The zero-order valence-electron chi connectivity index (χ0n) is 6.63. The number of aryl methyl sites for hydroxylation is 1. The number of hydrogen-bond donors (Lipinski definition) is 0. The molecule has 0 amide bonds. The van der Waals surface area contributed by atoms with Crippen molar-refractivity contribution in [1.82, 2.24) is 9.55 Å². The van der Waals surface area contributed by atoms with Crippen LogP contribution in [0.25, 0.3) is 0 Å². The molecule has 1 aromatic rings. The van der Waals surface area contributed by atoms with E-state index in [4.69, 9.17) is 7.85 Å². The molecule has 0 N–H and O–H groups in total. The Morgan fingerprint density at radius 2 is 2.20 bits per heavy atom. The van der Waals surface area contributed by atoms with Gasteiger partial charge >= 0.3 is 0 Å². The van der Waals surface area contributed by atoms with Crippen LogP contribution in [0.15, 0.2) is 6.20 Å². The molecule has 52 valence electrons. The van der Waals surface area contributed by atoms with Crippen molar-refractivity contribution in [3.8, 4) is 0 Å². The molecule has 0 atom stereocenters. The monoisotopic (exact) mass is 134 g/mol. The van der Waals surface area contributed by atoms with E-state index in [1.54, 1.807) is 0 Å². The molecular formula is C7H11BN2. The van der Waals surface area contributed by atoms with Gasteiger partial charge in [-0.25, -0.2) is 0 Å². The van der Waals surface area contributed by atoms with Gasteiger partial charge in [0.1, 0.15) is 13.7 Å². The summed E-state index contributed by atoms with van der Waals surface area (Å²) in [7, 11) is 5.49. The van der Waals surface area contributed by atoms with Gasteiger partial charge in [-0.1, -0.05) is 0 Å². The van der Waals surface area contributed by atoms with Gasteiger partial charge in [-0.15, -0.1) is 0 Å². The Morgan fingerprint density at radius 1 is 1.60 bits per heavy atom. The van der Waals surface area contributed by atoms with Gasteiger partial charge in [0.2, 0.25) is 0 Å². The Bertz CT molecular complexity index is 228. The number of rotatable bonds is 1. The Hall–Kier alpha value is -0.725. The van der Waals surface area contributed by atoms with Gasteiger partial charge in [0.05, 0.1) is 0 Å². The summed E-state index contributed by atoms with van der Waals surface area (Å²) in [6.07, 6.45) is 1.86. The molecule has 0 aliphatic rings. The lowest BCUT2D eigenvalue weighted by atomic mass is 10.1. The second kappa shape index (κ2) is 2.49. The molecule has 0 spiro atoms. The number of imidazole rings is 1. The molecule has 0 bridgehead atoms. The topological polar surface area (TPSA) is 17.8 Å². The summed E-state index contributed by atoms with van der Waals surface area (Å²) in [5.41, 5.74) is 0.603. The summed E-state index contributed by atoms with van der Waals surface area (Å²) in [6.45, 7) is 6.17. The zero-order valence-corrected chi connectivity index (χ0v) is 6.63. The maximum atomic E-state index is 5.49. The first-order valence-electron chi connectivity index (χ1n) is 3.42. The molecule has 0 aromatic carbocycles. The Kier molecular flexibility index (Phi) is 1.83. The largest absolute Gasteiger partial charge is 0.333 e. The summed E-state index contributed by atoms with van der Waals surface area (Å²) in [5, 5.41) is 0. The molecule has 2 nitrogen and oxygen atoms in total. The van der Waals surface area contributed by atoms with Crippen LogP contribution in [0.5, 0.6) is 0 Å². The Balaban J connectivity index is 3.03. The quantitative estimate of drug-likeness (QED) is 0.513. The van der Waals surface area contributed by atoms with Crippen molar-refractivity contribution in [3.63, 3.8) is 0 Å². The van der Waals surface area contributed by atoms with Crippen molar-refractivity contribution < 1.29 is 0 Å². The zero-order chi connectivity index (χ0) is 7.72. The van der Waals surface area contributed by atoms with Gasteiger partial charge in [-0.05, 0) is 20.8 Å². The first-order chi connectivity index (χ1) is 4.61. The van der Waals surface area contributed by atoms with E-state index in [2.05, 4.69) is 23.4 Å². The lowest BCUT2D eigenvalue weighted by Crippen LogP contribution is -2.02. The minimum atomic E-state index is 0.449. The van der Waals surface area contributed by atoms with Gasteiger partial charge in [0.15, 0.2) is 0 Å². The van der Waals surface area contributed by atoms with Gasteiger partial charge in [-0.3, -0.25) is 4.98 Å². The minimum absolute atomic E-state index is 0.449. The molecular weight excluding hydrogens is 123 g/mol. The highest BCUT2D eigenvalue weighted by molar-refractivity contribution is 6.30. The molecule has 0 aliphatic carbocycles. The average Bonchev–Trinajstić information content (AvgIpc) is 2.10. The van der Waals surface area contributed by atoms with E-state index in [1.165, 1.54) is 0 Å². The molecule has 0 saturated carbocycles. The molecule has 0 aliphatic heterocycles. The van der Waals surface area contributed by atoms with Crippen molar-refractivity contribution in [2.75, 3.05) is 0 Å². The summed E-state index contributed by atoms with van der Waals surface area (Å²) < 4.78 is 2.05. The van der Waals surface area contributed by atoms with Crippen LogP contribution in [0, 0.1) is 6.92 Å². The van der Waals surface area contributed by atoms with E-state index < -0.39 is 0 Å². The van der Waals surface area contributed by atoms with Crippen LogP contribution in [0.3, 0.4) is 0 Å². The first kappa shape index (κ1) is 7.38. The van der Waals surface area contributed by atoms with Crippen LogP contribution in [0.4, 0.5) is 0 Å². The fraction of sp³-hybridized carbons (Fsp3) is 0.571. The normalized spacial score (nSPS) is 10.8.